The fourth-order valence-corrected chi connectivity index (χ4v) is 4.31. The molecule has 1 aliphatic rings. The van der Waals surface area contributed by atoms with Gasteiger partial charge in [-0.15, -0.1) is 0 Å². The topological polar surface area (TPSA) is 50.2 Å². The molecule has 0 unspecified atom stereocenters. The second-order valence-electron chi connectivity index (χ2n) is 8.51. The number of hydrogen-bond donors (Lipinski definition) is 1. The molecule has 1 amide bonds. The van der Waals surface area contributed by atoms with E-state index < -0.39 is 11.6 Å². The second kappa shape index (κ2) is 9.09. The minimum atomic E-state index is -0.525. The first-order chi connectivity index (χ1) is 16.5. The van der Waals surface area contributed by atoms with Crippen molar-refractivity contribution in [3.05, 3.63) is 112 Å². The molecule has 0 fully saturated rings. The van der Waals surface area contributed by atoms with Crippen molar-refractivity contribution in [2.45, 2.75) is 26.4 Å². The number of rotatable bonds is 5. The van der Waals surface area contributed by atoms with E-state index in [0.717, 1.165) is 49.0 Å². The smallest absolute Gasteiger partial charge is 0.256 e. The van der Waals surface area contributed by atoms with E-state index in [0.29, 0.717) is 11.4 Å². The predicted molar refractivity (Wildman–Crippen MR) is 128 cm³/mol. The summed E-state index contributed by atoms with van der Waals surface area (Å²) in [7, 11) is 0. The summed E-state index contributed by atoms with van der Waals surface area (Å²) >= 11 is 0. The van der Waals surface area contributed by atoms with Gasteiger partial charge in [0.1, 0.15) is 17.5 Å². The zero-order valence-electron chi connectivity index (χ0n) is 18.8. The Morgan fingerprint density at radius 1 is 1.03 bits per heavy atom. The van der Waals surface area contributed by atoms with Crippen LogP contribution in [0.1, 0.15) is 32.6 Å². The monoisotopic (exact) mass is 458 g/mol. The van der Waals surface area contributed by atoms with Crippen LogP contribution in [0.5, 0.6) is 0 Å². The van der Waals surface area contributed by atoms with Crippen molar-refractivity contribution >= 4 is 17.4 Å². The number of aryl methyl sites for hydroxylation is 1. The number of carbonyl (C=O) groups excluding carboxylic acids is 1. The largest absolute Gasteiger partial charge is 0.367 e. The number of hydrogen-bond acceptors (Lipinski definition) is 3. The zero-order valence-corrected chi connectivity index (χ0v) is 18.8. The fraction of sp³-hybridized carbons (Fsp3) is 0.185. The molecule has 0 radical (unpaired) electrons. The molecule has 7 heteroatoms. The number of anilines is 2. The number of halogens is 2. The Labute approximate surface area is 196 Å². The first-order valence-corrected chi connectivity index (χ1v) is 11.2. The number of carbonyl (C=O) groups is 1. The molecule has 3 aromatic carbocycles. The molecule has 172 valence electrons. The van der Waals surface area contributed by atoms with Crippen LogP contribution in [0.25, 0.3) is 0 Å². The normalized spacial score (nSPS) is 13.0. The number of amides is 1. The molecule has 2 heterocycles. The highest BCUT2D eigenvalue weighted by molar-refractivity contribution is 6.04. The first-order valence-electron chi connectivity index (χ1n) is 11.2. The predicted octanol–water partition coefficient (Wildman–Crippen LogP) is 5.33. The number of nitrogens with zero attached hydrogens (tertiary/aromatic N) is 3. The summed E-state index contributed by atoms with van der Waals surface area (Å²) in [6, 6.07) is 19.3. The van der Waals surface area contributed by atoms with Gasteiger partial charge in [0, 0.05) is 35.5 Å². The molecule has 5 nitrogen and oxygen atoms in total. The third-order valence-electron chi connectivity index (χ3n) is 6.21. The van der Waals surface area contributed by atoms with Crippen LogP contribution in [0.2, 0.25) is 0 Å². The highest BCUT2D eigenvalue weighted by atomic mass is 19.1. The molecule has 1 N–H and O–H groups in total. The zero-order chi connectivity index (χ0) is 23.7. The standard InChI is InChI=1S/C27H24F2N4O/c1-18-15-30-33(17-22-14-23(28)8-11-25(22)29)26(18)31-27(34)20-6-9-24(10-7-20)32-13-12-19-4-2-3-5-21(19)16-32/h2-11,14-15H,12-13,16-17H2,1H3,(H,31,34). The summed E-state index contributed by atoms with van der Waals surface area (Å²) < 4.78 is 29.1. The van der Waals surface area contributed by atoms with Crippen molar-refractivity contribution in [1.82, 2.24) is 9.78 Å². The molecule has 0 aliphatic carbocycles. The van der Waals surface area contributed by atoms with Crippen molar-refractivity contribution in [2.75, 3.05) is 16.8 Å². The van der Waals surface area contributed by atoms with Gasteiger partial charge in [0.15, 0.2) is 0 Å². The van der Waals surface area contributed by atoms with Gasteiger partial charge in [-0.3, -0.25) is 4.79 Å². The maximum atomic E-state index is 14.1. The Kier molecular flexibility index (Phi) is 5.84. The molecule has 0 saturated heterocycles. The SMILES string of the molecule is Cc1cnn(Cc2cc(F)ccc2F)c1NC(=O)c1ccc(N2CCc3ccccc3C2)cc1. The van der Waals surface area contributed by atoms with Crippen LogP contribution >= 0.6 is 0 Å². The molecular formula is C27H24F2N4O. The van der Waals surface area contributed by atoms with Gasteiger partial charge >= 0.3 is 0 Å². The van der Waals surface area contributed by atoms with Gasteiger partial charge < -0.3 is 10.2 Å². The van der Waals surface area contributed by atoms with Crippen molar-refractivity contribution in [2.24, 2.45) is 0 Å². The molecule has 0 atom stereocenters. The minimum Gasteiger partial charge on any atom is -0.367 e. The lowest BCUT2D eigenvalue weighted by molar-refractivity contribution is 0.102. The molecule has 0 saturated carbocycles. The summed E-state index contributed by atoms with van der Waals surface area (Å²) in [5, 5.41) is 7.10. The van der Waals surface area contributed by atoms with Gasteiger partial charge in [0.2, 0.25) is 0 Å². The highest BCUT2D eigenvalue weighted by Gasteiger charge is 2.18. The summed E-state index contributed by atoms with van der Waals surface area (Å²) in [4.78, 5) is 15.2. The summed E-state index contributed by atoms with van der Waals surface area (Å²) in [6.45, 7) is 3.58. The van der Waals surface area contributed by atoms with Gasteiger partial charge in [-0.05, 0) is 66.9 Å². The van der Waals surface area contributed by atoms with Crippen LogP contribution in [0, 0.1) is 18.6 Å². The average molecular weight is 459 g/mol. The van der Waals surface area contributed by atoms with Crippen molar-refractivity contribution in [3.8, 4) is 0 Å². The Balaban J connectivity index is 1.30. The van der Waals surface area contributed by atoms with Crippen LogP contribution in [0.15, 0.2) is 72.9 Å². The maximum Gasteiger partial charge on any atom is 0.256 e. The van der Waals surface area contributed by atoms with Gasteiger partial charge in [-0.1, -0.05) is 24.3 Å². The van der Waals surface area contributed by atoms with Gasteiger partial charge in [-0.25, -0.2) is 13.5 Å². The van der Waals surface area contributed by atoms with E-state index >= 15 is 0 Å². The third kappa shape index (κ3) is 4.41. The molecular weight excluding hydrogens is 434 g/mol. The quantitative estimate of drug-likeness (QED) is 0.440. The lowest BCUT2D eigenvalue weighted by atomic mass is 9.99. The fourth-order valence-electron chi connectivity index (χ4n) is 4.31. The van der Waals surface area contributed by atoms with E-state index in [2.05, 4.69) is 39.6 Å². The van der Waals surface area contributed by atoms with Crippen LogP contribution in [0.4, 0.5) is 20.3 Å². The van der Waals surface area contributed by atoms with Crippen molar-refractivity contribution in [1.29, 1.82) is 0 Å². The van der Waals surface area contributed by atoms with E-state index in [9.17, 15) is 13.6 Å². The lowest BCUT2D eigenvalue weighted by Gasteiger charge is -2.30. The number of aromatic nitrogens is 2. The average Bonchev–Trinajstić information content (AvgIpc) is 3.20. The Morgan fingerprint density at radius 2 is 1.79 bits per heavy atom. The molecule has 1 aromatic heterocycles. The summed E-state index contributed by atoms with van der Waals surface area (Å²) in [5.41, 5.74) is 5.17. The van der Waals surface area contributed by atoms with Crippen molar-refractivity contribution < 1.29 is 13.6 Å². The van der Waals surface area contributed by atoms with Crippen LogP contribution in [-0.4, -0.2) is 22.2 Å². The van der Waals surface area contributed by atoms with Crippen LogP contribution < -0.4 is 10.2 Å². The summed E-state index contributed by atoms with van der Waals surface area (Å²) in [5.74, 6) is -0.892. The molecule has 1 aliphatic heterocycles. The van der Waals surface area contributed by atoms with E-state index in [1.165, 1.54) is 15.8 Å². The highest BCUT2D eigenvalue weighted by Crippen LogP contribution is 2.25. The summed E-state index contributed by atoms with van der Waals surface area (Å²) in [6.07, 6.45) is 2.58. The van der Waals surface area contributed by atoms with E-state index in [1.807, 2.05) is 12.1 Å². The van der Waals surface area contributed by atoms with Gasteiger partial charge in [-0.2, -0.15) is 5.10 Å². The molecule has 0 bridgehead atoms. The maximum absolute atomic E-state index is 14.1. The van der Waals surface area contributed by atoms with E-state index in [1.54, 1.807) is 25.3 Å². The Bertz CT molecular complexity index is 1350. The van der Waals surface area contributed by atoms with Crippen LogP contribution in [0.3, 0.4) is 0 Å². The molecule has 4 aromatic rings. The molecule has 0 spiro atoms. The first kappa shape index (κ1) is 21.8. The Hall–Kier alpha value is -4.00. The number of nitrogens with one attached hydrogen (secondary N) is 1. The lowest BCUT2D eigenvalue weighted by Crippen LogP contribution is -2.30. The van der Waals surface area contributed by atoms with Gasteiger partial charge in [0.25, 0.3) is 5.91 Å². The number of benzene rings is 3. The molecule has 34 heavy (non-hydrogen) atoms. The van der Waals surface area contributed by atoms with Gasteiger partial charge in [0.05, 0.1) is 12.7 Å². The van der Waals surface area contributed by atoms with Crippen LogP contribution in [-0.2, 0) is 19.5 Å². The Morgan fingerprint density at radius 3 is 2.59 bits per heavy atom. The van der Waals surface area contributed by atoms with E-state index in [4.69, 9.17) is 0 Å². The second-order valence-corrected chi connectivity index (χ2v) is 8.51. The third-order valence-corrected chi connectivity index (χ3v) is 6.21. The van der Waals surface area contributed by atoms with Crippen molar-refractivity contribution in [3.63, 3.8) is 0 Å². The van der Waals surface area contributed by atoms with E-state index in [-0.39, 0.29) is 18.0 Å². The number of fused-ring (bicyclic) bond motifs is 1. The minimum absolute atomic E-state index is 0.00240. The molecule has 5 rings (SSSR count).